The van der Waals surface area contributed by atoms with E-state index in [1.807, 2.05) is 6.07 Å². The molecule has 0 bridgehead atoms. The predicted octanol–water partition coefficient (Wildman–Crippen LogP) is 4.46. The van der Waals surface area contributed by atoms with Gasteiger partial charge in [0.1, 0.15) is 23.0 Å². The number of piperidine rings is 2. The fourth-order valence-electron chi connectivity index (χ4n) is 8.17. The van der Waals surface area contributed by atoms with Crippen LogP contribution in [0.1, 0.15) is 57.7 Å². The van der Waals surface area contributed by atoms with Gasteiger partial charge in [0.15, 0.2) is 0 Å². The molecule has 5 heterocycles. The Balaban J connectivity index is 0.765. The molecule has 3 aromatic carbocycles. The van der Waals surface area contributed by atoms with Crippen LogP contribution in [0, 0.1) is 17.5 Å². The standard InChI is InChI=1S/C43H43F3N8O5/c44-34-6-5-27(22-37-31-3-1-2-4-32(31)41(56)50-49-37)21-33(34)42(57)54-19-17-52(18-20-54)39(55)26-51-13-7-29(8-14-51)59-30-9-15-53(16-10-30)43(58)40-35(45)23-28(24-36(40)46)38-25-47-11-12-48-38/h1-6,11-12,21,23-25,29-30H,7-10,13-20,22,26H2,(H,50,56). The first-order chi connectivity index (χ1) is 28.6. The fourth-order valence-corrected chi connectivity index (χ4v) is 8.17. The first-order valence-electron chi connectivity index (χ1n) is 19.9. The zero-order valence-electron chi connectivity index (χ0n) is 32.3. The highest BCUT2D eigenvalue weighted by Gasteiger charge is 2.32. The number of carbonyl (C=O) groups excluding carboxylic acids is 3. The number of fused-ring (bicyclic) bond motifs is 1. The molecular weight excluding hydrogens is 766 g/mol. The third-order valence-electron chi connectivity index (χ3n) is 11.4. The van der Waals surface area contributed by atoms with Crippen molar-refractivity contribution < 1.29 is 32.3 Å². The lowest BCUT2D eigenvalue weighted by Gasteiger charge is -2.38. The van der Waals surface area contributed by atoms with Crippen LogP contribution in [-0.4, -0.2) is 129 Å². The molecule has 5 aromatic rings. The summed E-state index contributed by atoms with van der Waals surface area (Å²) >= 11 is 0. The van der Waals surface area contributed by atoms with Gasteiger partial charge >= 0.3 is 0 Å². The van der Waals surface area contributed by atoms with Crippen molar-refractivity contribution in [2.75, 3.05) is 58.9 Å². The Labute approximate surface area is 337 Å². The SMILES string of the molecule is O=C(CN1CCC(OC2CCN(C(=O)c3c(F)cc(-c4cnccn4)cc3F)CC2)CC1)N1CCN(C(=O)c2cc(Cc3n[nH]c(=O)c4ccccc34)ccc2F)CC1. The highest BCUT2D eigenvalue weighted by molar-refractivity contribution is 5.96. The van der Waals surface area contributed by atoms with Crippen LogP contribution < -0.4 is 5.56 Å². The van der Waals surface area contributed by atoms with E-state index in [1.165, 1.54) is 35.6 Å². The van der Waals surface area contributed by atoms with Gasteiger partial charge in [-0.2, -0.15) is 5.10 Å². The van der Waals surface area contributed by atoms with Gasteiger partial charge in [0.05, 0.1) is 47.3 Å². The molecule has 3 amide bonds. The first kappa shape index (κ1) is 39.8. The van der Waals surface area contributed by atoms with E-state index >= 15 is 8.78 Å². The van der Waals surface area contributed by atoms with Gasteiger partial charge in [0.25, 0.3) is 17.4 Å². The number of benzene rings is 3. The number of aromatic nitrogens is 4. The lowest BCUT2D eigenvalue weighted by Crippen LogP contribution is -2.53. The molecule has 3 fully saturated rings. The van der Waals surface area contributed by atoms with E-state index in [-0.39, 0.29) is 54.4 Å². The summed E-state index contributed by atoms with van der Waals surface area (Å²) in [5.41, 5.74) is 0.857. The zero-order chi connectivity index (χ0) is 41.0. The molecule has 306 valence electrons. The maximum absolute atomic E-state index is 15.0. The molecule has 3 saturated heterocycles. The molecule has 1 N–H and O–H groups in total. The Morgan fingerprint density at radius 2 is 1.37 bits per heavy atom. The lowest BCUT2D eigenvalue weighted by molar-refractivity contribution is -0.135. The Bertz CT molecular complexity index is 2390. The van der Waals surface area contributed by atoms with E-state index < -0.39 is 34.8 Å². The van der Waals surface area contributed by atoms with Crippen molar-refractivity contribution in [2.24, 2.45) is 0 Å². The first-order valence-corrected chi connectivity index (χ1v) is 19.9. The van der Waals surface area contributed by atoms with Gasteiger partial charge < -0.3 is 19.4 Å². The summed E-state index contributed by atoms with van der Waals surface area (Å²) < 4.78 is 51.4. The van der Waals surface area contributed by atoms with Crippen LogP contribution in [0.5, 0.6) is 0 Å². The average molecular weight is 809 g/mol. The van der Waals surface area contributed by atoms with Crippen molar-refractivity contribution in [1.29, 1.82) is 0 Å². The molecule has 0 saturated carbocycles. The third-order valence-corrected chi connectivity index (χ3v) is 11.4. The summed E-state index contributed by atoms with van der Waals surface area (Å²) in [5.74, 6) is -3.68. The van der Waals surface area contributed by atoms with Gasteiger partial charge in [-0.3, -0.25) is 34.0 Å². The summed E-state index contributed by atoms with van der Waals surface area (Å²) in [5, 5.41) is 7.91. The monoisotopic (exact) mass is 808 g/mol. The highest BCUT2D eigenvalue weighted by Crippen LogP contribution is 2.27. The van der Waals surface area contributed by atoms with Crippen LogP contribution >= 0.6 is 0 Å². The molecule has 16 heteroatoms. The smallest absolute Gasteiger partial charge is 0.272 e. The minimum absolute atomic E-state index is 0.00194. The number of H-pyrrole nitrogens is 1. The number of carbonyl (C=O) groups is 3. The summed E-state index contributed by atoms with van der Waals surface area (Å²) in [6, 6.07) is 13.7. The predicted molar refractivity (Wildman–Crippen MR) is 211 cm³/mol. The fraction of sp³-hybridized carbons (Fsp3) is 0.372. The zero-order valence-corrected chi connectivity index (χ0v) is 32.3. The van der Waals surface area contributed by atoms with E-state index in [0.717, 1.165) is 25.0 Å². The topological polar surface area (TPSA) is 145 Å². The molecule has 59 heavy (non-hydrogen) atoms. The van der Waals surface area contributed by atoms with E-state index in [4.69, 9.17) is 4.74 Å². The molecule has 0 radical (unpaired) electrons. The maximum Gasteiger partial charge on any atom is 0.272 e. The average Bonchev–Trinajstić information content (AvgIpc) is 3.26. The second kappa shape index (κ2) is 17.5. The number of piperazine rings is 1. The number of halogens is 3. The molecule has 3 aliphatic rings. The minimum atomic E-state index is -0.945. The van der Waals surface area contributed by atoms with Gasteiger partial charge in [0, 0.05) is 82.1 Å². The molecule has 0 spiro atoms. The van der Waals surface area contributed by atoms with Crippen molar-refractivity contribution >= 4 is 28.5 Å². The van der Waals surface area contributed by atoms with Crippen LogP contribution in [-0.2, 0) is 16.0 Å². The molecule has 0 unspecified atom stereocenters. The van der Waals surface area contributed by atoms with E-state index in [2.05, 4.69) is 25.1 Å². The van der Waals surface area contributed by atoms with Crippen molar-refractivity contribution in [1.82, 2.24) is 39.8 Å². The number of likely N-dealkylation sites (tertiary alicyclic amines) is 2. The van der Waals surface area contributed by atoms with Crippen LogP contribution in [0.25, 0.3) is 22.0 Å². The van der Waals surface area contributed by atoms with Crippen LogP contribution in [0.4, 0.5) is 13.2 Å². The van der Waals surface area contributed by atoms with Crippen molar-refractivity contribution in [3.05, 3.63) is 123 Å². The molecule has 0 atom stereocenters. The van der Waals surface area contributed by atoms with Gasteiger partial charge in [-0.1, -0.05) is 24.3 Å². The molecule has 8 rings (SSSR count). The van der Waals surface area contributed by atoms with Crippen LogP contribution in [0.3, 0.4) is 0 Å². The van der Waals surface area contributed by atoms with Gasteiger partial charge in [0.2, 0.25) is 5.91 Å². The number of rotatable bonds is 9. The Hall–Kier alpha value is -6.00. The molecular formula is C43H43F3N8O5. The van der Waals surface area contributed by atoms with Gasteiger partial charge in [-0.15, -0.1) is 0 Å². The summed E-state index contributed by atoms with van der Waals surface area (Å²) in [6.07, 6.45) is 7.05. The molecule has 2 aromatic heterocycles. The largest absolute Gasteiger partial charge is 0.375 e. The number of nitrogens with zero attached hydrogens (tertiary/aromatic N) is 7. The van der Waals surface area contributed by atoms with Crippen molar-refractivity contribution in [2.45, 2.75) is 44.3 Å². The summed E-state index contributed by atoms with van der Waals surface area (Å²) in [6.45, 7) is 3.47. The number of aromatic amines is 1. The van der Waals surface area contributed by atoms with E-state index in [9.17, 15) is 23.6 Å². The normalized spacial score (nSPS) is 17.1. The lowest BCUT2D eigenvalue weighted by atomic mass is 10.0. The Morgan fingerprint density at radius 3 is 2.05 bits per heavy atom. The summed E-state index contributed by atoms with van der Waals surface area (Å²) in [4.78, 5) is 67.0. The number of ether oxygens (including phenoxy) is 1. The molecule has 0 aliphatic carbocycles. The minimum Gasteiger partial charge on any atom is -0.375 e. The highest BCUT2D eigenvalue weighted by atomic mass is 19.1. The van der Waals surface area contributed by atoms with Crippen LogP contribution in [0.2, 0.25) is 0 Å². The molecule has 13 nitrogen and oxygen atoms in total. The third kappa shape index (κ3) is 8.88. The van der Waals surface area contributed by atoms with Crippen molar-refractivity contribution in [3.63, 3.8) is 0 Å². The quantitative estimate of drug-likeness (QED) is 0.228. The van der Waals surface area contributed by atoms with E-state index in [1.54, 1.807) is 34.1 Å². The van der Waals surface area contributed by atoms with Gasteiger partial charge in [-0.25, -0.2) is 18.3 Å². The Morgan fingerprint density at radius 1 is 0.729 bits per heavy atom. The number of hydrogen-bond donors (Lipinski definition) is 1. The number of amides is 3. The second-order valence-electron chi connectivity index (χ2n) is 15.2. The number of hydrogen-bond acceptors (Lipinski definition) is 9. The Kier molecular flexibility index (Phi) is 11.8. The van der Waals surface area contributed by atoms with Crippen LogP contribution in [0.15, 0.2) is 78.0 Å². The van der Waals surface area contributed by atoms with E-state index in [0.29, 0.717) is 86.3 Å². The summed E-state index contributed by atoms with van der Waals surface area (Å²) in [7, 11) is 0. The number of nitrogens with one attached hydrogen (secondary N) is 1. The second-order valence-corrected chi connectivity index (χ2v) is 15.2. The van der Waals surface area contributed by atoms with Crippen molar-refractivity contribution in [3.8, 4) is 11.3 Å². The molecule has 3 aliphatic heterocycles. The van der Waals surface area contributed by atoms with Gasteiger partial charge in [-0.05, 0) is 61.6 Å². The maximum atomic E-state index is 15.0.